The van der Waals surface area contributed by atoms with Crippen molar-refractivity contribution in [2.45, 2.75) is 57.8 Å². The van der Waals surface area contributed by atoms with Crippen LogP contribution in [0.3, 0.4) is 0 Å². The maximum absolute atomic E-state index is 12.1. The number of ether oxygens (including phenoxy) is 1. The molecule has 8 nitrogen and oxygen atoms in total. The largest absolute Gasteiger partial charge is 0.462 e. The van der Waals surface area contributed by atoms with E-state index in [-0.39, 0.29) is 30.2 Å². The van der Waals surface area contributed by atoms with Crippen molar-refractivity contribution in [2.75, 3.05) is 13.3 Å². The predicted octanol–water partition coefficient (Wildman–Crippen LogP) is 6.17. The number of benzene rings is 1. The summed E-state index contributed by atoms with van der Waals surface area (Å²) >= 11 is 0. The molecule has 148 valence electrons. The van der Waals surface area contributed by atoms with Gasteiger partial charge in [0.25, 0.3) is 5.69 Å². The van der Waals surface area contributed by atoms with Gasteiger partial charge in [-0.3, -0.25) is 14.5 Å². The molecule has 0 unspecified atom stereocenters. The van der Waals surface area contributed by atoms with Gasteiger partial charge in [-0.25, -0.2) is 4.79 Å². The fourth-order valence-corrected chi connectivity index (χ4v) is 2.64. The third-order valence-electron chi connectivity index (χ3n) is 4.07. The lowest BCUT2D eigenvalue weighted by atomic mass is 10.1. The quantitative estimate of drug-likeness (QED) is 0.0728. The zero-order valence-corrected chi connectivity index (χ0v) is 15.3. The van der Waals surface area contributed by atoms with Crippen LogP contribution >= 0.6 is 0 Å². The lowest BCUT2D eigenvalue weighted by Crippen LogP contribution is -2.09. The summed E-state index contributed by atoms with van der Waals surface area (Å²) < 4.78 is 17.0. The number of unbranched alkanes of at least 4 members (excludes halogenated alkanes) is 8. The average Bonchev–Trinajstić information content (AvgIpc) is 2.66. The molecule has 0 aliphatic carbocycles. The molecule has 0 bridgehead atoms. The molecule has 1 aromatic rings. The van der Waals surface area contributed by atoms with E-state index in [1.165, 1.54) is 6.07 Å². The van der Waals surface area contributed by atoms with E-state index in [1.54, 1.807) is 0 Å². The van der Waals surface area contributed by atoms with Crippen LogP contribution in [-0.4, -0.2) is 24.2 Å². The van der Waals surface area contributed by atoms with Gasteiger partial charge in [-0.2, -0.15) is 0 Å². The number of azide groups is 1. The highest BCUT2D eigenvalue weighted by Crippen LogP contribution is 2.25. The SMILES string of the molecule is [N-]=[N+]=Nc1ccc([N+](=O)[O-])c(C(=O)OCCCCCCCCCCCF)c1. The normalized spacial score (nSPS) is 10.3. The van der Waals surface area contributed by atoms with Gasteiger partial charge in [-0.05, 0) is 30.5 Å². The van der Waals surface area contributed by atoms with E-state index >= 15 is 0 Å². The van der Waals surface area contributed by atoms with Crippen molar-refractivity contribution in [3.63, 3.8) is 0 Å². The van der Waals surface area contributed by atoms with E-state index in [1.807, 2.05) is 0 Å². The van der Waals surface area contributed by atoms with Gasteiger partial charge in [-0.15, -0.1) is 0 Å². The Kier molecular flexibility index (Phi) is 11.2. The Bertz CT molecular complexity index is 663. The number of carbonyl (C=O) groups is 1. The second-order valence-corrected chi connectivity index (χ2v) is 6.15. The number of hydrogen-bond acceptors (Lipinski definition) is 5. The van der Waals surface area contributed by atoms with E-state index in [2.05, 4.69) is 10.0 Å². The van der Waals surface area contributed by atoms with E-state index in [9.17, 15) is 19.3 Å². The number of alkyl halides is 1. The lowest BCUT2D eigenvalue weighted by Gasteiger charge is -2.06. The number of halogens is 1. The number of rotatable bonds is 14. The molecule has 0 fully saturated rings. The second kappa shape index (κ2) is 13.5. The van der Waals surface area contributed by atoms with Crippen molar-refractivity contribution in [2.24, 2.45) is 5.11 Å². The molecule has 0 N–H and O–H groups in total. The van der Waals surface area contributed by atoms with Crippen molar-refractivity contribution < 1.29 is 18.8 Å². The Labute approximate surface area is 157 Å². The van der Waals surface area contributed by atoms with Crippen LogP contribution in [0.5, 0.6) is 0 Å². The minimum atomic E-state index is -0.801. The first-order valence-corrected chi connectivity index (χ1v) is 9.16. The number of esters is 1. The smallest absolute Gasteiger partial charge is 0.345 e. The molecule has 0 saturated carbocycles. The van der Waals surface area contributed by atoms with Crippen molar-refractivity contribution in [3.8, 4) is 0 Å². The van der Waals surface area contributed by atoms with E-state index in [0.29, 0.717) is 12.8 Å². The molecule has 27 heavy (non-hydrogen) atoms. The van der Waals surface area contributed by atoms with Gasteiger partial charge >= 0.3 is 5.97 Å². The number of hydrogen-bond donors (Lipinski definition) is 0. The van der Waals surface area contributed by atoms with Gasteiger partial charge in [0.1, 0.15) is 5.56 Å². The molecule has 1 aromatic carbocycles. The predicted molar refractivity (Wildman–Crippen MR) is 99.7 cm³/mol. The molecular weight excluding hydrogens is 355 g/mol. The molecule has 0 spiro atoms. The van der Waals surface area contributed by atoms with Crippen molar-refractivity contribution >= 4 is 17.3 Å². The van der Waals surface area contributed by atoms with Gasteiger partial charge < -0.3 is 4.74 Å². The van der Waals surface area contributed by atoms with E-state index in [0.717, 1.165) is 57.1 Å². The Morgan fingerprint density at radius 1 is 1.11 bits per heavy atom. The lowest BCUT2D eigenvalue weighted by molar-refractivity contribution is -0.385. The van der Waals surface area contributed by atoms with Crippen LogP contribution in [0.15, 0.2) is 23.3 Å². The van der Waals surface area contributed by atoms with Crippen LogP contribution in [0.4, 0.5) is 15.8 Å². The van der Waals surface area contributed by atoms with Gasteiger partial charge in [0.2, 0.25) is 0 Å². The summed E-state index contributed by atoms with van der Waals surface area (Å²) in [5.74, 6) is -0.801. The molecule has 0 heterocycles. The molecule has 1 rings (SSSR count). The Morgan fingerprint density at radius 3 is 2.26 bits per heavy atom. The highest BCUT2D eigenvalue weighted by Gasteiger charge is 2.21. The van der Waals surface area contributed by atoms with Crippen molar-refractivity contribution in [3.05, 3.63) is 44.3 Å². The average molecular weight is 380 g/mol. The summed E-state index contributed by atoms with van der Waals surface area (Å²) in [6.45, 7) is -0.0596. The summed E-state index contributed by atoms with van der Waals surface area (Å²) in [6.07, 6.45) is 8.57. The molecule has 0 amide bonds. The van der Waals surface area contributed by atoms with Crippen LogP contribution < -0.4 is 0 Å². The number of nitrogens with zero attached hydrogens (tertiary/aromatic N) is 4. The molecule has 0 atom stereocenters. The van der Waals surface area contributed by atoms with Gasteiger partial charge in [0.15, 0.2) is 0 Å². The zero-order valence-electron chi connectivity index (χ0n) is 15.3. The summed E-state index contributed by atoms with van der Waals surface area (Å²) in [5, 5.41) is 14.4. The van der Waals surface area contributed by atoms with Crippen LogP contribution in [0, 0.1) is 10.1 Å². The van der Waals surface area contributed by atoms with Crippen molar-refractivity contribution in [1.82, 2.24) is 0 Å². The second-order valence-electron chi connectivity index (χ2n) is 6.15. The van der Waals surface area contributed by atoms with Crippen LogP contribution in [0.1, 0.15) is 68.1 Å². The van der Waals surface area contributed by atoms with Gasteiger partial charge in [-0.1, -0.05) is 50.1 Å². The minimum Gasteiger partial charge on any atom is -0.462 e. The molecule has 0 radical (unpaired) electrons. The first-order valence-electron chi connectivity index (χ1n) is 9.16. The van der Waals surface area contributed by atoms with Crippen LogP contribution in [-0.2, 0) is 4.74 Å². The third kappa shape index (κ3) is 9.01. The molecule has 9 heteroatoms. The summed E-state index contributed by atoms with van der Waals surface area (Å²) in [6, 6.07) is 3.55. The standard InChI is InChI=1S/C18H25FN4O4/c19-12-8-6-4-2-1-3-5-7-9-13-27-18(24)16-14-15(21-22-20)10-11-17(16)23(25)26/h10-11,14H,1-9,12-13H2. The monoisotopic (exact) mass is 380 g/mol. The maximum atomic E-state index is 12.1. The van der Waals surface area contributed by atoms with E-state index < -0.39 is 10.9 Å². The molecule has 0 aliphatic rings. The fourth-order valence-electron chi connectivity index (χ4n) is 2.64. The number of nitro benzene ring substituents is 1. The summed E-state index contributed by atoms with van der Waals surface area (Å²) in [5.41, 5.74) is 7.94. The molecule has 0 aromatic heterocycles. The molecule has 0 saturated heterocycles. The van der Waals surface area contributed by atoms with Crippen LogP contribution in [0.2, 0.25) is 0 Å². The zero-order chi connectivity index (χ0) is 19.9. The Balaban J connectivity index is 2.31. The Morgan fingerprint density at radius 2 is 1.70 bits per heavy atom. The Hall–Kier alpha value is -2.67. The van der Waals surface area contributed by atoms with E-state index in [4.69, 9.17) is 10.3 Å². The van der Waals surface area contributed by atoms with Gasteiger partial charge in [0, 0.05) is 16.7 Å². The number of nitro groups is 1. The highest BCUT2D eigenvalue weighted by molar-refractivity contribution is 5.94. The first-order chi connectivity index (χ1) is 13.1. The highest BCUT2D eigenvalue weighted by atomic mass is 19.1. The fraction of sp³-hybridized carbons (Fsp3) is 0.611. The van der Waals surface area contributed by atoms with Gasteiger partial charge in [0.05, 0.1) is 18.2 Å². The topological polar surface area (TPSA) is 118 Å². The van der Waals surface area contributed by atoms with Crippen molar-refractivity contribution in [1.29, 1.82) is 0 Å². The number of carbonyl (C=O) groups excluding carboxylic acids is 1. The maximum Gasteiger partial charge on any atom is 0.345 e. The molecule has 0 aliphatic heterocycles. The summed E-state index contributed by atoms with van der Waals surface area (Å²) in [4.78, 5) is 25.1. The summed E-state index contributed by atoms with van der Waals surface area (Å²) in [7, 11) is 0. The van der Waals surface area contributed by atoms with Crippen LogP contribution in [0.25, 0.3) is 10.4 Å². The first kappa shape index (κ1) is 22.4. The molecular formula is C18H25FN4O4. The third-order valence-corrected chi connectivity index (χ3v) is 4.07. The minimum absolute atomic E-state index is 0.113.